The number of likely N-dealkylation sites (N-methyl/N-ethyl adjacent to an activating group) is 1. The Balaban J connectivity index is 2.42. The molecule has 5 nitrogen and oxygen atoms in total. The quantitative estimate of drug-likeness (QED) is 0.531. The lowest BCUT2D eigenvalue weighted by Crippen LogP contribution is -2.46. The number of hydrogen-bond donors (Lipinski definition) is 2. The molecule has 2 amide bonds. The van der Waals surface area contributed by atoms with Crippen LogP contribution in [-0.4, -0.2) is 41.3 Å². The lowest BCUT2D eigenvalue weighted by atomic mass is 10.2. The largest absolute Gasteiger partial charge is 0.392 e. The highest BCUT2D eigenvalue weighted by atomic mass is 32.1. The van der Waals surface area contributed by atoms with Crippen LogP contribution in [0.4, 0.5) is 0 Å². The predicted octanol–water partition coefficient (Wildman–Crippen LogP) is -0.210. The van der Waals surface area contributed by atoms with E-state index in [9.17, 15) is 9.59 Å². The number of thiocarbonyl (C=S) groups is 1. The molecular formula is C10H17N3O2S. The normalized spacial score (nSPS) is 15.8. The number of rotatable bonds is 3. The highest BCUT2D eigenvalue weighted by molar-refractivity contribution is 7.80. The number of carbonyl (C=O) groups is 2. The third-order valence-corrected chi connectivity index (χ3v) is 2.95. The topological polar surface area (TPSA) is 75.4 Å². The molecule has 0 bridgehead atoms. The summed E-state index contributed by atoms with van der Waals surface area (Å²) in [5.41, 5.74) is 5.23. The van der Waals surface area contributed by atoms with Gasteiger partial charge in [-0.3, -0.25) is 9.59 Å². The maximum atomic E-state index is 11.7. The third-order valence-electron chi connectivity index (χ3n) is 2.81. The number of carbonyl (C=O) groups excluding carboxylic acids is 2. The fourth-order valence-electron chi connectivity index (χ4n) is 1.86. The third kappa shape index (κ3) is 3.44. The van der Waals surface area contributed by atoms with E-state index in [1.165, 1.54) is 4.90 Å². The molecule has 0 heterocycles. The first-order valence-electron chi connectivity index (χ1n) is 5.35. The first kappa shape index (κ1) is 12.9. The summed E-state index contributed by atoms with van der Waals surface area (Å²) in [6.07, 6.45) is 4.20. The van der Waals surface area contributed by atoms with Crippen molar-refractivity contribution in [2.75, 3.05) is 13.6 Å². The van der Waals surface area contributed by atoms with Gasteiger partial charge in [-0.1, -0.05) is 25.1 Å². The molecular weight excluding hydrogens is 226 g/mol. The Labute approximate surface area is 100 Å². The summed E-state index contributed by atoms with van der Waals surface area (Å²) in [5.74, 6) is -1.15. The monoisotopic (exact) mass is 243 g/mol. The van der Waals surface area contributed by atoms with Gasteiger partial charge in [-0.2, -0.15) is 0 Å². The summed E-state index contributed by atoms with van der Waals surface area (Å²) in [6.45, 7) is 0.0679. The second kappa shape index (κ2) is 5.79. The van der Waals surface area contributed by atoms with E-state index in [2.05, 4.69) is 17.5 Å². The van der Waals surface area contributed by atoms with Gasteiger partial charge in [0.2, 0.25) is 0 Å². The molecule has 6 heteroatoms. The molecule has 0 aromatic heterocycles. The molecule has 1 rings (SSSR count). The average molecular weight is 243 g/mol. The van der Waals surface area contributed by atoms with Crippen molar-refractivity contribution in [1.82, 2.24) is 10.2 Å². The van der Waals surface area contributed by atoms with Crippen LogP contribution in [0.25, 0.3) is 0 Å². The van der Waals surface area contributed by atoms with E-state index in [0.717, 1.165) is 25.7 Å². The van der Waals surface area contributed by atoms with E-state index >= 15 is 0 Å². The molecule has 0 aromatic carbocycles. The van der Waals surface area contributed by atoms with Crippen LogP contribution >= 0.6 is 12.2 Å². The summed E-state index contributed by atoms with van der Waals surface area (Å²) in [7, 11) is 1.67. The van der Waals surface area contributed by atoms with Gasteiger partial charge in [-0.25, -0.2) is 0 Å². The molecule has 0 atom stereocenters. The first-order chi connectivity index (χ1) is 7.52. The van der Waals surface area contributed by atoms with Gasteiger partial charge in [-0.15, -0.1) is 0 Å². The second-order valence-corrected chi connectivity index (χ2v) is 4.53. The molecule has 0 aliphatic heterocycles. The minimum Gasteiger partial charge on any atom is -0.392 e. The van der Waals surface area contributed by atoms with Crippen molar-refractivity contribution >= 4 is 29.0 Å². The van der Waals surface area contributed by atoms with E-state index in [1.54, 1.807) is 7.05 Å². The maximum Gasteiger partial charge on any atom is 0.311 e. The van der Waals surface area contributed by atoms with Crippen molar-refractivity contribution in [3.8, 4) is 0 Å². The van der Waals surface area contributed by atoms with Crippen molar-refractivity contribution in [2.45, 2.75) is 31.7 Å². The Morgan fingerprint density at radius 1 is 1.44 bits per heavy atom. The van der Waals surface area contributed by atoms with Crippen LogP contribution in [0.1, 0.15) is 25.7 Å². The van der Waals surface area contributed by atoms with Gasteiger partial charge in [0.15, 0.2) is 0 Å². The number of hydrogen-bond acceptors (Lipinski definition) is 3. The standard InChI is InChI=1S/C10H17N3O2S/c1-13(7-4-2-3-5-7)10(15)9(14)12-6-8(11)16/h7H,2-6H2,1H3,(H2,11,16)(H,12,14). The summed E-state index contributed by atoms with van der Waals surface area (Å²) in [4.78, 5) is 24.8. The van der Waals surface area contributed by atoms with E-state index in [0.29, 0.717) is 0 Å². The molecule has 0 aromatic rings. The van der Waals surface area contributed by atoms with E-state index < -0.39 is 11.8 Å². The Morgan fingerprint density at radius 3 is 2.50 bits per heavy atom. The molecule has 0 unspecified atom stereocenters. The minimum absolute atomic E-state index is 0.0679. The van der Waals surface area contributed by atoms with Gasteiger partial charge >= 0.3 is 11.8 Å². The SMILES string of the molecule is CN(C(=O)C(=O)NCC(N)=S)C1CCCC1. The van der Waals surface area contributed by atoms with Crippen LogP contribution in [0.2, 0.25) is 0 Å². The van der Waals surface area contributed by atoms with Crippen LogP contribution in [0.5, 0.6) is 0 Å². The Kier molecular flexibility index (Phi) is 4.67. The van der Waals surface area contributed by atoms with Gasteiger partial charge in [0, 0.05) is 13.1 Å². The number of nitrogens with one attached hydrogen (secondary N) is 1. The van der Waals surface area contributed by atoms with Gasteiger partial charge in [-0.05, 0) is 12.8 Å². The highest BCUT2D eigenvalue weighted by Crippen LogP contribution is 2.22. The van der Waals surface area contributed by atoms with Gasteiger partial charge in [0.25, 0.3) is 0 Å². The van der Waals surface area contributed by atoms with Crippen LogP contribution < -0.4 is 11.1 Å². The smallest absolute Gasteiger partial charge is 0.311 e. The van der Waals surface area contributed by atoms with Gasteiger partial charge in [0.1, 0.15) is 0 Å². The molecule has 0 spiro atoms. The summed E-state index contributed by atoms with van der Waals surface area (Å²) >= 11 is 4.61. The molecule has 0 radical (unpaired) electrons. The molecule has 16 heavy (non-hydrogen) atoms. The van der Waals surface area contributed by atoms with Crippen LogP contribution in [0, 0.1) is 0 Å². The van der Waals surface area contributed by atoms with Gasteiger partial charge in [0.05, 0.1) is 11.5 Å². The van der Waals surface area contributed by atoms with Gasteiger partial charge < -0.3 is 16.0 Å². The van der Waals surface area contributed by atoms with Crippen molar-refractivity contribution in [3.05, 3.63) is 0 Å². The van der Waals surface area contributed by atoms with Crippen molar-refractivity contribution in [2.24, 2.45) is 5.73 Å². The Hall–Kier alpha value is -1.17. The maximum absolute atomic E-state index is 11.7. The Bertz CT molecular complexity index is 300. The fourth-order valence-corrected chi connectivity index (χ4v) is 1.93. The lowest BCUT2D eigenvalue weighted by molar-refractivity contribution is -0.146. The number of amides is 2. The molecule has 1 aliphatic carbocycles. The Morgan fingerprint density at radius 2 is 2.00 bits per heavy atom. The summed E-state index contributed by atoms with van der Waals surface area (Å²) in [6, 6.07) is 0.197. The van der Waals surface area contributed by atoms with Crippen LogP contribution in [0.15, 0.2) is 0 Å². The van der Waals surface area contributed by atoms with Crippen molar-refractivity contribution in [1.29, 1.82) is 0 Å². The van der Waals surface area contributed by atoms with Crippen LogP contribution in [-0.2, 0) is 9.59 Å². The fraction of sp³-hybridized carbons (Fsp3) is 0.700. The zero-order valence-corrected chi connectivity index (χ0v) is 10.2. The zero-order valence-electron chi connectivity index (χ0n) is 9.36. The van der Waals surface area contributed by atoms with Crippen LogP contribution in [0.3, 0.4) is 0 Å². The van der Waals surface area contributed by atoms with Crippen molar-refractivity contribution in [3.63, 3.8) is 0 Å². The molecule has 3 N–H and O–H groups in total. The molecule has 0 saturated heterocycles. The lowest BCUT2D eigenvalue weighted by Gasteiger charge is -2.23. The predicted molar refractivity (Wildman–Crippen MR) is 64.8 cm³/mol. The van der Waals surface area contributed by atoms with Crippen molar-refractivity contribution < 1.29 is 9.59 Å². The number of nitrogens with two attached hydrogens (primary N) is 1. The van der Waals surface area contributed by atoms with E-state index in [1.807, 2.05) is 0 Å². The average Bonchev–Trinajstić information content (AvgIpc) is 2.77. The molecule has 1 aliphatic rings. The minimum atomic E-state index is -0.637. The zero-order chi connectivity index (χ0) is 12.1. The highest BCUT2D eigenvalue weighted by Gasteiger charge is 2.27. The molecule has 90 valence electrons. The number of nitrogens with zero attached hydrogens (tertiary/aromatic N) is 1. The molecule has 1 saturated carbocycles. The summed E-state index contributed by atoms with van der Waals surface area (Å²) in [5, 5.41) is 2.39. The molecule has 1 fully saturated rings. The van der Waals surface area contributed by atoms with E-state index in [4.69, 9.17) is 5.73 Å². The summed E-state index contributed by atoms with van der Waals surface area (Å²) < 4.78 is 0. The van der Waals surface area contributed by atoms with E-state index in [-0.39, 0.29) is 17.6 Å². The second-order valence-electron chi connectivity index (χ2n) is 4.00. The first-order valence-corrected chi connectivity index (χ1v) is 5.76.